The summed E-state index contributed by atoms with van der Waals surface area (Å²) in [5.41, 5.74) is 1.45. The van der Waals surface area contributed by atoms with E-state index in [-0.39, 0.29) is 11.1 Å². The van der Waals surface area contributed by atoms with Crippen LogP contribution >= 0.6 is 0 Å². The molecule has 0 saturated carbocycles. The first-order valence-electron chi connectivity index (χ1n) is 7.59. The summed E-state index contributed by atoms with van der Waals surface area (Å²) in [6, 6.07) is 4.92. The number of aliphatic carboxylic acids is 1. The van der Waals surface area contributed by atoms with Crippen LogP contribution in [0.4, 0.5) is 0 Å². The topological polar surface area (TPSA) is 160 Å². The molecule has 1 fully saturated rings. The largest absolute Gasteiger partial charge is 0.477 e. The molecule has 27 heavy (non-hydrogen) atoms. The normalized spacial score (nSPS) is 22.6. The van der Waals surface area contributed by atoms with Gasteiger partial charge in [-0.1, -0.05) is 12.1 Å². The number of carboxylic acid groups (broad SMARTS) is 1. The Morgan fingerprint density at radius 2 is 2.11 bits per heavy atom. The second-order valence-corrected chi connectivity index (χ2v) is 7.77. The van der Waals surface area contributed by atoms with E-state index in [2.05, 4.69) is 4.98 Å². The van der Waals surface area contributed by atoms with Gasteiger partial charge in [-0.3, -0.25) is 24.9 Å². The van der Waals surface area contributed by atoms with Crippen molar-refractivity contribution in [1.82, 2.24) is 15.3 Å². The Bertz CT molecular complexity index is 1030. The highest BCUT2D eigenvalue weighted by molar-refractivity contribution is 7.92. The van der Waals surface area contributed by atoms with E-state index in [1.807, 2.05) is 0 Å². The first-order chi connectivity index (χ1) is 12.8. The van der Waals surface area contributed by atoms with E-state index >= 15 is 0 Å². The number of rotatable bonds is 4. The molecule has 2 amide bonds. The van der Waals surface area contributed by atoms with Crippen molar-refractivity contribution in [1.29, 1.82) is 0 Å². The van der Waals surface area contributed by atoms with Crippen molar-refractivity contribution in [2.75, 3.05) is 5.75 Å². The molecule has 11 heteroatoms. The number of pyridine rings is 1. The summed E-state index contributed by atoms with van der Waals surface area (Å²) in [7, 11) is -3.92. The molecule has 0 aliphatic carbocycles. The monoisotopic (exact) mass is 390 g/mol. The number of fused-ring (bicyclic) bond motifs is 1. The van der Waals surface area contributed by atoms with Gasteiger partial charge in [-0.15, -0.1) is 0 Å². The van der Waals surface area contributed by atoms with E-state index in [9.17, 15) is 27.9 Å². The number of nitrogens with zero attached hydrogens (tertiary/aromatic N) is 2. The van der Waals surface area contributed by atoms with Crippen molar-refractivity contribution in [3.63, 3.8) is 0 Å². The molecule has 1 aromatic rings. The van der Waals surface area contributed by atoms with Gasteiger partial charge >= 0.3 is 5.97 Å². The van der Waals surface area contributed by atoms with Gasteiger partial charge in [-0.2, -0.15) is 0 Å². The number of allylic oxidation sites excluding steroid dienone is 1. The van der Waals surface area contributed by atoms with Crippen molar-refractivity contribution in [3.05, 3.63) is 59.1 Å². The van der Waals surface area contributed by atoms with Crippen LogP contribution in [0.15, 0.2) is 53.4 Å². The predicted octanol–water partition coefficient (Wildman–Crippen LogP) is -1.05. The summed E-state index contributed by atoms with van der Waals surface area (Å²) in [4.78, 5) is 40.1. The standard InChI is InChI=1S/C16H14N4O6S/c17-19-12(21)5-4-9-8-27(25,26)15-11(7-10-3-1-2-6-18-10)14(22)20(15)13(9)16(23)24/h1-7,15H,8,17H2,(H,19,21)(H,23,24)/b5-4+,11-7-/t15-/m1/s1. The van der Waals surface area contributed by atoms with Gasteiger partial charge in [0.05, 0.1) is 17.0 Å². The fourth-order valence-corrected chi connectivity index (χ4v) is 4.76. The first kappa shape index (κ1) is 18.5. The summed E-state index contributed by atoms with van der Waals surface area (Å²) < 4.78 is 25.3. The second-order valence-electron chi connectivity index (χ2n) is 5.71. The fourth-order valence-electron chi connectivity index (χ4n) is 2.86. The number of hydrazine groups is 1. The van der Waals surface area contributed by atoms with E-state index < -0.39 is 44.4 Å². The van der Waals surface area contributed by atoms with Crippen LogP contribution in [0.1, 0.15) is 5.69 Å². The zero-order valence-electron chi connectivity index (χ0n) is 13.7. The van der Waals surface area contributed by atoms with E-state index in [1.165, 1.54) is 12.3 Å². The molecule has 4 N–H and O–H groups in total. The van der Waals surface area contributed by atoms with Crippen molar-refractivity contribution in [2.24, 2.45) is 5.84 Å². The Balaban J connectivity index is 2.07. The van der Waals surface area contributed by atoms with Gasteiger partial charge in [0.1, 0.15) is 5.70 Å². The van der Waals surface area contributed by atoms with Crippen LogP contribution in [0.3, 0.4) is 0 Å². The second kappa shape index (κ2) is 6.78. The third-order valence-corrected chi connectivity index (χ3v) is 5.84. The average molecular weight is 390 g/mol. The van der Waals surface area contributed by atoms with Gasteiger partial charge in [-0.25, -0.2) is 19.1 Å². The lowest BCUT2D eigenvalue weighted by atomic mass is 10.0. The van der Waals surface area contributed by atoms with Crippen LogP contribution in [-0.2, 0) is 24.2 Å². The van der Waals surface area contributed by atoms with Gasteiger partial charge in [0.2, 0.25) is 0 Å². The Hall–Kier alpha value is -3.31. The Morgan fingerprint density at radius 1 is 1.37 bits per heavy atom. The van der Waals surface area contributed by atoms with Crippen molar-refractivity contribution in [3.8, 4) is 0 Å². The number of β-lactam (4-membered cyclic amide) rings is 1. The molecule has 3 heterocycles. The minimum atomic E-state index is -3.92. The maximum Gasteiger partial charge on any atom is 0.352 e. The lowest BCUT2D eigenvalue weighted by molar-refractivity contribution is -0.141. The lowest BCUT2D eigenvalue weighted by Crippen LogP contribution is -2.62. The Kier molecular flexibility index (Phi) is 4.64. The summed E-state index contributed by atoms with van der Waals surface area (Å²) in [6.45, 7) is 0. The summed E-state index contributed by atoms with van der Waals surface area (Å²) in [5, 5.41) is 8.08. The van der Waals surface area contributed by atoms with Gasteiger partial charge in [-0.05, 0) is 23.8 Å². The zero-order valence-corrected chi connectivity index (χ0v) is 14.5. The van der Waals surface area contributed by atoms with Gasteiger partial charge in [0.15, 0.2) is 15.2 Å². The number of carboxylic acids is 1. The van der Waals surface area contributed by atoms with Crippen LogP contribution < -0.4 is 11.3 Å². The smallest absolute Gasteiger partial charge is 0.352 e. The molecule has 1 aromatic heterocycles. The molecule has 0 aromatic carbocycles. The van der Waals surface area contributed by atoms with Crippen LogP contribution in [0.25, 0.3) is 6.08 Å². The third kappa shape index (κ3) is 3.25. The molecule has 0 unspecified atom stereocenters. The molecular formula is C16H14N4O6S. The number of hydrogen-bond acceptors (Lipinski definition) is 7. The Labute approximate surface area is 153 Å². The van der Waals surface area contributed by atoms with Crippen LogP contribution in [0.2, 0.25) is 0 Å². The summed E-state index contributed by atoms with van der Waals surface area (Å²) in [6.07, 6.45) is 4.72. The fraction of sp³-hybridized carbons (Fsp3) is 0.125. The number of hydrogen-bond donors (Lipinski definition) is 3. The quantitative estimate of drug-likeness (QED) is 0.193. The number of aromatic nitrogens is 1. The van der Waals surface area contributed by atoms with Gasteiger partial charge < -0.3 is 5.11 Å². The number of carbonyl (C=O) groups is 3. The molecule has 1 atom stereocenters. The highest BCUT2D eigenvalue weighted by Gasteiger charge is 2.56. The van der Waals surface area contributed by atoms with Crippen molar-refractivity contribution >= 4 is 33.7 Å². The maximum absolute atomic E-state index is 12.6. The summed E-state index contributed by atoms with van der Waals surface area (Å²) in [5.74, 6) is 1.31. The first-order valence-corrected chi connectivity index (χ1v) is 9.30. The SMILES string of the molecule is NNC(=O)/C=C/C1=C(C(=O)O)N2C(=O)/C(=C/c3ccccn3)[C@H]2S(=O)(=O)C1. The van der Waals surface area contributed by atoms with Crippen LogP contribution in [0.5, 0.6) is 0 Å². The molecule has 2 aliphatic heterocycles. The molecular weight excluding hydrogens is 376 g/mol. The number of nitrogens with two attached hydrogens (primary N) is 1. The number of sulfone groups is 1. The molecule has 0 bridgehead atoms. The maximum atomic E-state index is 12.6. The van der Waals surface area contributed by atoms with E-state index in [0.29, 0.717) is 10.6 Å². The van der Waals surface area contributed by atoms with E-state index in [0.717, 1.165) is 12.2 Å². The zero-order chi connectivity index (χ0) is 19.8. The van der Waals surface area contributed by atoms with Crippen molar-refractivity contribution < 1.29 is 27.9 Å². The summed E-state index contributed by atoms with van der Waals surface area (Å²) >= 11 is 0. The van der Waals surface area contributed by atoms with E-state index in [1.54, 1.807) is 23.6 Å². The number of carbonyl (C=O) groups excluding carboxylic acids is 2. The van der Waals surface area contributed by atoms with Gasteiger partial charge in [0.25, 0.3) is 11.8 Å². The molecule has 0 radical (unpaired) electrons. The number of amides is 2. The highest BCUT2D eigenvalue weighted by atomic mass is 32.2. The van der Waals surface area contributed by atoms with E-state index in [4.69, 9.17) is 5.84 Å². The third-order valence-electron chi connectivity index (χ3n) is 3.98. The minimum absolute atomic E-state index is 0.0600. The molecule has 140 valence electrons. The molecule has 10 nitrogen and oxygen atoms in total. The Morgan fingerprint density at radius 3 is 2.70 bits per heavy atom. The van der Waals surface area contributed by atoms with Crippen LogP contribution in [0, 0.1) is 0 Å². The van der Waals surface area contributed by atoms with Crippen LogP contribution in [-0.4, -0.2) is 52.3 Å². The molecule has 2 aliphatic rings. The molecule has 0 spiro atoms. The highest BCUT2D eigenvalue weighted by Crippen LogP contribution is 2.41. The number of nitrogens with one attached hydrogen (secondary N) is 1. The molecule has 3 rings (SSSR count). The average Bonchev–Trinajstić information content (AvgIpc) is 2.63. The lowest BCUT2D eigenvalue weighted by Gasteiger charge is -2.45. The molecule has 1 saturated heterocycles. The minimum Gasteiger partial charge on any atom is -0.477 e. The van der Waals surface area contributed by atoms with Gasteiger partial charge in [0, 0.05) is 12.3 Å². The predicted molar refractivity (Wildman–Crippen MR) is 92.8 cm³/mol. The van der Waals surface area contributed by atoms with Crippen molar-refractivity contribution in [2.45, 2.75) is 5.37 Å².